The highest BCUT2D eigenvalue weighted by Crippen LogP contribution is 2.16. The molecule has 3 aromatic rings. The minimum atomic E-state index is 0.852. The predicted octanol–water partition coefficient (Wildman–Crippen LogP) is 5.00. The first-order chi connectivity index (χ1) is 10.4. The molecule has 1 aromatic heterocycles. The zero-order valence-corrected chi connectivity index (χ0v) is 11.6. The number of nitrogens with zero attached hydrogens (tertiary/aromatic N) is 1. The van der Waals surface area contributed by atoms with Crippen LogP contribution < -0.4 is 5.32 Å². The SMILES string of the molecule is C(=Cc1ccc(Nc2ccccn2)cc1)c1ccccc1. The van der Waals surface area contributed by atoms with Gasteiger partial charge in [0.2, 0.25) is 0 Å². The van der Waals surface area contributed by atoms with Crippen molar-refractivity contribution in [3.8, 4) is 0 Å². The molecule has 0 saturated carbocycles. The molecular weight excluding hydrogens is 256 g/mol. The van der Waals surface area contributed by atoms with E-state index >= 15 is 0 Å². The third kappa shape index (κ3) is 3.80. The lowest BCUT2D eigenvalue weighted by Crippen LogP contribution is -1.91. The van der Waals surface area contributed by atoms with E-state index in [0.29, 0.717) is 0 Å². The molecule has 3 rings (SSSR count). The highest BCUT2D eigenvalue weighted by molar-refractivity contribution is 5.70. The smallest absolute Gasteiger partial charge is 0.130 e. The van der Waals surface area contributed by atoms with Crippen molar-refractivity contribution in [2.75, 3.05) is 5.32 Å². The Morgan fingerprint density at radius 1 is 0.667 bits per heavy atom. The van der Waals surface area contributed by atoms with Crippen LogP contribution in [0.5, 0.6) is 0 Å². The predicted molar refractivity (Wildman–Crippen MR) is 89.3 cm³/mol. The van der Waals surface area contributed by atoms with Gasteiger partial charge in [-0.3, -0.25) is 0 Å². The molecule has 21 heavy (non-hydrogen) atoms. The van der Waals surface area contributed by atoms with E-state index in [9.17, 15) is 0 Å². The summed E-state index contributed by atoms with van der Waals surface area (Å²) >= 11 is 0. The summed E-state index contributed by atoms with van der Waals surface area (Å²) in [6.45, 7) is 0. The van der Waals surface area contributed by atoms with E-state index in [-0.39, 0.29) is 0 Å². The maximum atomic E-state index is 4.25. The van der Waals surface area contributed by atoms with E-state index < -0.39 is 0 Å². The minimum absolute atomic E-state index is 0.852. The number of nitrogens with one attached hydrogen (secondary N) is 1. The van der Waals surface area contributed by atoms with Gasteiger partial charge in [-0.2, -0.15) is 0 Å². The van der Waals surface area contributed by atoms with E-state index in [1.54, 1.807) is 6.20 Å². The molecule has 0 bridgehead atoms. The van der Waals surface area contributed by atoms with E-state index in [0.717, 1.165) is 11.5 Å². The number of hydrogen-bond donors (Lipinski definition) is 1. The first-order valence-corrected chi connectivity index (χ1v) is 6.91. The average molecular weight is 272 g/mol. The quantitative estimate of drug-likeness (QED) is 0.676. The summed E-state index contributed by atoms with van der Waals surface area (Å²) in [5.41, 5.74) is 3.41. The van der Waals surface area contributed by atoms with Crippen molar-refractivity contribution in [3.05, 3.63) is 90.1 Å². The highest BCUT2D eigenvalue weighted by Gasteiger charge is 1.94. The summed E-state index contributed by atoms with van der Waals surface area (Å²) < 4.78 is 0. The Labute approximate surface area is 124 Å². The molecule has 0 atom stereocenters. The lowest BCUT2D eigenvalue weighted by molar-refractivity contribution is 1.31. The van der Waals surface area contributed by atoms with Gasteiger partial charge in [0.1, 0.15) is 5.82 Å². The molecule has 0 radical (unpaired) electrons. The zero-order chi connectivity index (χ0) is 14.3. The summed E-state index contributed by atoms with van der Waals surface area (Å²) in [6.07, 6.45) is 6.00. The third-order valence-corrected chi connectivity index (χ3v) is 3.12. The van der Waals surface area contributed by atoms with E-state index in [2.05, 4.69) is 58.9 Å². The van der Waals surface area contributed by atoms with Gasteiger partial charge in [-0.05, 0) is 35.4 Å². The van der Waals surface area contributed by atoms with Crippen LogP contribution in [-0.4, -0.2) is 4.98 Å². The van der Waals surface area contributed by atoms with Crippen molar-refractivity contribution >= 4 is 23.7 Å². The third-order valence-electron chi connectivity index (χ3n) is 3.12. The van der Waals surface area contributed by atoms with Crippen molar-refractivity contribution in [2.24, 2.45) is 0 Å². The van der Waals surface area contributed by atoms with Crippen LogP contribution in [-0.2, 0) is 0 Å². The van der Waals surface area contributed by atoms with Crippen LogP contribution >= 0.6 is 0 Å². The second-order valence-electron chi connectivity index (χ2n) is 4.71. The van der Waals surface area contributed by atoms with Crippen LogP contribution in [0.25, 0.3) is 12.2 Å². The van der Waals surface area contributed by atoms with Crippen molar-refractivity contribution in [2.45, 2.75) is 0 Å². The van der Waals surface area contributed by atoms with Gasteiger partial charge in [-0.15, -0.1) is 0 Å². The Kier molecular flexibility index (Phi) is 4.08. The summed E-state index contributed by atoms with van der Waals surface area (Å²) in [5.74, 6) is 0.852. The number of rotatable bonds is 4. The molecule has 0 amide bonds. The highest BCUT2D eigenvalue weighted by atomic mass is 15.0. The Bertz CT molecular complexity index is 702. The molecule has 2 heteroatoms. The van der Waals surface area contributed by atoms with Gasteiger partial charge in [0.15, 0.2) is 0 Å². The average Bonchev–Trinajstić information content (AvgIpc) is 2.56. The molecule has 1 heterocycles. The molecule has 0 aliphatic rings. The second-order valence-corrected chi connectivity index (χ2v) is 4.71. The maximum Gasteiger partial charge on any atom is 0.130 e. The van der Waals surface area contributed by atoms with Crippen LogP contribution in [0.2, 0.25) is 0 Å². The molecule has 0 saturated heterocycles. The number of anilines is 2. The topological polar surface area (TPSA) is 24.9 Å². The van der Waals surface area contributed by atoms with E-state index in [4.69, 9.17) is 0 Å². The van der Waals surface area contributed by atoms with Gasteiger partial charge < -0.3 is 5.32 Å². The molecule has 0 spiro atoms. The Morgan fingerprint density at radius 3 is 2.00 bits per heavy atom. The van der Waals surface area contributed by atoms with Crippen molar-refractivity contribution in [1.29, 1.82) is 0 Å². The Balaban J connectivity index is 1.68. The first-order valence-electron chi connectivity index (χ1n) is 6.91. The molecule has 0 fully saturated rings. The monoisotopic (exact) mass is 272 g/mol. The molecule has 0 aliphatic heterocycles. The van der Waals surface area contributed by atoms with Crippen molar-refractivity contribution < 1.29 is 0 Å². The minimum Gasteiger partial charge on any atom is -0.340 e. The van der Waals surface area contributed by atoms with Crippen LogP contribution in [0.3, 0.4) is 0 Å². The summed E-state index contributed by atoms with van der Waals surface area (Å²) in [5, 5.41) is 3.27. The summed E-state index contributed by atoms with van der Waals surface area (Å²) in [4.78, 5) is 4.25. The summed E-state index contributed by atoms with van der Waals surface area (Å²) in [6, 6.07) is 24.4. The number of pyridine rings is 1. The fourth-order valence-electron chi connectivity index (χ4n) is 2.02. The molecule has 2 nitrogen and oxygen atoms in total. The lowest BCUT2D eigenvalue weighted by atomic mass is 10.1. The van der Waals surface area contributed by atoms with Gasteiger partial charge in [0, 0.05) is 11.9 Å². The largest absolute Gasteiger partial charge is 0.340 e. The molecule has 0 unspecified atom stereocenters. The van der Waals surface area contributed by atoms with Gasteiger partial charge in [0.05, 0.1) is 0 Å². The number of aromatic nitrogens is 1. The molecule has 1 N–H and O–H groups in total. The zero-order valence-electron chi connectivity index (χ0n) is 11.6. The van der Waals surface area contributed by atoms with Gasteiger partial charge in [-0.1, -0.05) is 60.7 Å². The number of hydrogen-bond acceptors (Lipinski definition) is 2. The van der Waals surface area contributed by atoms with Crippen LogP contribution in [0.4, 0.5) is 11.5 Å². The molecule has 2 aromatic carbocycles. The first kappa shape index (κ1) is 13.1. The van der Waals surface area contributed by atoms with Crippen molar-refractivity contribution in [1.82, 2.24) is 4.98 Å². The van der Waals surface area contributed by atoms with Crippen LogP contribution in [0.1, 0.15) is 11.1 Å². The standard InChI is InChI=1S/C19H16N2/c1-2-6-16(7-3-1)9-10-17-11-13-18(14-12-17)21-19-8-4-5-15-20-19/h1-15H,(H,20,21). The molecule has 102 valence electrons. The second kappa shape index (κ2) is 6.53. The molecule has 0 aliphatic carbocycles. The van der Waals surface area contributed by atoms with E-state index in [1.165, 1.54) is 11.1 Å². The fourth-order valence-corrected chi connectivity index (χ4v) is 2.02. The molecular formula is C19H16N2. The van der Waals surface area contributed by atoms with Crippen LogP contribution in [0.15, 0.2) is 79.0 Å². The Hall–Kier alpha value is -2.87. The Morgan fingerprint density at radius 2 is 1.33 bits per heavy atom. The normalized spacial score (nSPS) is 10.7. The van der Waals surface area contributed by atoms with Crippen LogP contribution in [0, 0.1) is 0 Å². The van der Waals surface area contributed by atoms with Crippen molar-refractivity contribution in [3.63, 3.8) is 0 Å². The fraction of sp³-hybridized carbons (Fsp3) is 0. The van der Waals surface area contributed by atoms with Gasteiger partial charge in [-0.25, -0.2) is 4.98 Å². The van der Waals surface area contributed by atoms with Gasteiger partial charge >= 0.3 is 0 Å². The van der Waals surface area contributed by atoms with Gasteiger partial charge in [0.25, 0.3) is 0 Å². The summed E-state index contributed by atoms with van der Waals surface area (Å²) in [7, 11) is 0. The van der Waals surface area contributed by atoms with E-state index in [1.807, 2.05) is 36.4 Å². The lowest BCUT2D eigenvalue weighted by Gasteiger charge is -2.05. The maximum absolute atomic E-state index is 4.25. The number of benzene rings is 2.